The predicted molar refractivity (Wildman–Crippen MR) is 80.3 cm³/mol. The number of halogens is 1. The second-order valence-electron chi connectivity index (χ2n) is 4.58. The van der Waals surface area contributed by atoms with Crippen molar-refractivity contribution in [2.75, 3.05) is 27.3 Å². The van der Waals surface area contributed by atoms with Gasteiger partial charge in [0.2, 0.25) is 10.0 Å². The van der Waals surface area contributed by atoms with Crippen LogP contribution in [-0.4, -0.2) is 44.9 Å². The lowest BCUT2D eigenvalue weighted by Crippen LogP contribution is -2.33. The van der Waals surface area contributed by atoms with Crippen LogP contribution < -0.4 is 0 Å². The quantitative estimate of drug-likeness (QED) is 0.740. The Kier molecular flexibility index (Phi) is 5.98. The molecule has 6 heteroatoms. The Morgan fingerprint density at radius 3 is 2.47 bits per heavy atom. The molecule has 0 bridgehead atoms. The molecule has 0 aromatic heterocycles. The number of aryl methyl sites for hydroxylation is 2. The largest absolute Gasteiger partial charge is 0.383 e. The van der Waals surface area contributed by atoms with Gasteiger partial charge in [-0.25, -0.2) is 8.42 Å². The Morgan fingerprint density at radius 2 is 1.95 bits per heavy atom. The van der Waals surface area contributed by atoms with E-state index in [9.17, 15) is 8.42 Å². The lowest BCUT2D eigenvalue weighted by atomic mass is 10.1. The fraction of sp³-hybridized carbons (Fsp3) is 0.538. The van der Waals surface area contributed by atoms with E-state index in [-0.39, 0.29) is 4.83 Å². The van der Waals surface area contributed by atoms with Gasteiger partial charge in [0.15, 0.2) is 0 Å². The van der Waals surface area contributed by atoms with Crippen molar-refractivity contribution < 1.29 is 13.2 Å². The van der Waals surface area contributed by atoms with Crippen LogP contribution in [0, 0.1) is 13.8 Å². The zero-order valence-electron chi connectivity index (χ0n) is 11.7. The number of nitrogens with zero attached hydrogens (tertiary/aromatic N) is 1. The average molecular weight is 350 g/mol. The Hall–Kier alpha value is -0.430. The second-order valence-corrected chi connectivity index (χ2v) is 7.92. The molecule has 0 saturated carbocycles. The van der Waals surface area contributed by atoms with Crippen molar-refractivity contribution in [3.63, 3.8) is 0 Å². The van der Waals surface area contributed by atoms with Gasteiger partial charge < -0.3 is 4.74 Å². The Labute approximate surface area is 123 Å². The molecule has 0 fully saturated rings. The highest BCUT2D eigenvalue weighted by molar-refractivity contribution is 9.09. The lowest BCUT2D eigenvalue weighted by molar-refractivity contribution is 0.195. The summed E-state index contributed by atoms with van der Waals surface area (Å²) in [6.45, 7) is 4.70. The minimum atomic E-state index is -3.44. The predicted octanol–water partition coefficient (Wildman–Crippen LogP) is 2.33. The zero-order chi connectivity index (χ0) is 14.6. The Balaban J connectivity index is 2.93. The zero-order valence-corrected chi connectivity index (χ0v) is 14.1. The van der Waals surface area contributed by atoms with Crippen molar-refractivity contribution >= 4 is 26.0 Å². The number of benzene rings is 1. The molecule has 19 heavy (non-hydrogen) atoms. The molecule has 0 amide bonds. The van der Waals surface area contributed by atoms with Crippen molar-refractivity contribution in [2.45, 2.75) is 23.6 Å². The van der Waals surface area contributed by atoms with Gasteiger partial charge in [-0.1, -0.05) is 22.0 Å². The van der Waals surface area contributed by atoms with Gasteiger partial charge in [-0.3, -0.25) is 0 Å². The van der Waals surface area contributed by atoms with Crippen molar-refractivity contribution in [3.8, 4) is 0 Å². The van der Waals surface area contributed by atoms with E-state index in [4.69, 9.17) is 4.74 Å². The summed E-state index contributed by atoms with van der Waals surface area (Å²) in [5.41, 5.74) is 2.06. The summed E-state index contributed by atoms with van der Waals surface area (Å²) < 4.78 is 31.1. The molecule has 0 spiro atoms. The third-order valence-corrected chi connectivity index (χ3v) is 5.36. The topological polar surface area (TPSA) is 46.6 Å². The highest BCUT2D eigenvalue weighted by Crippen LogP contribution is 2.19. The van der Waals surface area contributed by atoms with E-state index in [2.05, 4.69) is 15.9 Å². The van der Waals surface area contributed by atoms with Gasteiger partial charge in [-0.2, -0.15) is 4.31 Å². The van der Waals surface area contributed by atoms with Gasteiger partial charge in [0.25, 0.3) is 0 Å². The Bertz CT molecular complexity index is 531. The fourth-order valence-electron chi connectivity index (χ4n) is 1.66. The van der Waals surface area contributed by atoms with Gasteiger partial charge >= 0.3 is 0 Å². The maximum atomic E-state index is 12.4. The molecule has 1 rings (SSSR count). The summed E-state index contributed by atoms with van der Waals surface area (Å²) in [4.78, 5) is 0.305. The van der Waals surface area contributed by atoms with E-state index >= 15 is 0 Å². The molecular formula is C13H20BrNO3S. The molecule has 1 unspecified atom stereocenters. The lowest BCUT2D eigenvalue weighted by Gasteiger charge is -2.20. The first-order chi connectivity index (χ1) is 8.78. The number of hydrogen-bond donors (Lipinski definition) is 0. The first kappa shape index (κ1) is 16.6. The molecule has 0 saturated heterocycles. The molecule has 0 aliphatic carbocycles. The van der Waals surface area contributed by atoms with Crippen LogP contribution in [0.1, 0.15) is 11.1 Å². The molecule has 0 aliphatic heterocycles. The number of rotatable bonds is 6. The molecule has 108 valence electrons. The molecule has 0 N–H and O–H groups in total. The molecule has 0 aliphatic rings. The number of hydrogen-bond acceptors (Lipinski definition) is 3. The summed E-state index contributed by atoms with van der Waals surface area (Å²) in [7, 11) is -0.277. The normalized spacial score (nSPS) is 13.8. The number of ether oxygens (including phenoxy) is 1. The molecule has 1 aromatic rings. The van der Waals surface area contributed by atoms with Gasteiger partial charge in [0.05, 0.1) is 16.3 Å². The van der Waals surface area contributed by atoms with Crippen LogP contribution in [0.4, 0.5) is 0 Å². The molecule has 0 radical (unpaired) electrons. The Morgan fingerprint density at radius 1 is 1.32 bits per heavy atom. The van der Waals surface area contributed by atoms with Gasteiger partial charge in [-0.15, -0.1) is 0 Å². The third kappa shape index (κ3) is 4.27. The second kappa shape index (κ2) is 6.83. The molecule has 0 heterocycles. The molecule has 1 aromatic carbocycles. The van der Waals surface area contributed by atoms with E-state index in [0.29, 0.717) is 18.0 Å². The minimum absolute atomic E-state index is 0.0242. The smallest absolute Gasteiger partial charge is 0.242 e. The molecule has 4 nitrogen and oxygen atoms in total. The van der Waals surface area contributed by atoms with Crippen LogP contribution in [0.2, 0.25) is 0 Å². The molecular weight excluding hydrogens is 330 g/mol. The monoisotopic (exact) mass is 349 g/mol. The maximum Gasteiger partial charge on any atom is 0.242 e. The standard InChI is InChI=1S/C13H20BrNO3S/c1-10-5-6-13(7-11(10)2)19(16,17)15(3)8-12(14)9-18-4/h5-7,12H,8-9H2,1-4H3. The number of alkyl halides is 1. The summed E-state index contributed by atoms with van der Waals surface area (Å²) in [6.07, 6.45) is 0. The maximum absolute atomic E-state index is 12.4. The van der Waals surface area contributed by atoms with Crippen LogP contribution >= 0.6 is 15.9 Å². The van der Waals surface area contributed by atoms with Gasteiger partial charge in [-0.05, 0) is 37.1 Å². The van der Waals surface area contributed by atoms with Gasteiger partial charge in [0, 0.05) is 20.7 Å². The van der Waals surface area contributed by atoms with E-state index < -0.39 is 10.0 Å². The van der Waals surface area contributed by atoms with E-state index in [0.717, 1.165) is 11.1 Å². The SMILES string of the molecule is COCC(Br)CN(C)S(=O)(=O)c1ccc(C)c(C)c1. The highest BCUT2D eigenvalue weighted by atomic mass is 79.9. The van der Waals surface area contributed by atoms with Crippen molar-refractivity contribution in [1.82, 2.24) is 4.31 Å². The highest BCUT2D eigenvalue weighted by Gasteiger charge is 2.23. The van der Waals surface area contributed by atoms with Crippen LogP contribution in [-0.2, 0) is 14.8 Å². The van der Waals surface area contributed by atoms with Crippen molar-refractivity contribution in [3.05, 3.63) is 29.3 Å². The third-order valence-electron chi connectivity index (χ3n) is 2.99. The average Bonchev–Trinajstić information content (AvgIpc) is 2.32. The van der Waals surface area contributed by atoms with Crippen LogP contribution in [0.15, 0.2) is 23.1 Å². The van der Waals surface area contributed by atoms with E-state index in [1.165, 1.54) is 4.31 Å². The number of methoxy groups -OCH3 is 1. The summed E-state index contributed by atoms with van der Waals surface area (Å²) in [6, 6.07) is 5.19. The first-order valence-electron chi connectivity index (χ1n) is 5.95. The van der Waals surface area contributed by atoms with Gasteiger partial charge in [0.1, 0.15) is 0 Å². The van der Waals surface area contributed by atoms with Crippen LogP contribution in [0.3, 0.4) is 0 Å². The van der Waals surface area contributed by atoms with E-state index in [1.54, 1.807) is 26.3 Å². The van der Waals surface area contributed by atoms with E-state index in [1.807, 2.05) is 19.9 Å². The minimum Gasteiger partial charge on any atom is -0.383 e. The first-order valence-corrected chi connectivity index (χ1v) is 8.31. The molecule has 1 atom stereocenters. The summed E-state index contributed by atoms with van der Waals surface area (Å²) in [5, 5.41) is 0. The van der Waals surface area contributed by atoms with Crippen LogP contribution in [0.5, 0.6) is 0 Å². The summed E-state index contributed by atoms with van der Waals surface area (Å²) >= 11 is 3.40. The van der Waals surface area contributed by atoms with Crippen LogP contribution in [0.25, 0.3) is 0 Å². The number of sulfonamides is 1. The fourth-order valence-corrected chi connectivity index (χ4v) is 3.86. The van der Waals surface area contributed by atoms with Crippen molar-refractivity contribution in [2.24, 2.45) is 0 Å². The summed E-state index contributed by atoms with van der Waals surface area (Å²) in [5.74, 6) is 0. The van der Waals surface area contributed by atoms with Crippen molar-refractivity contribution in [1.29, 1.82) is 0 Å².